The summed E-state index contributed by atoms with van der Waals surface area (Å²) in [6.45, 7) is 4.15. The van der Waals surface area contributed by atoms with E-state index in [2.05, 4.69) is 15.5 Å². The van der Waals surface area contributed by atoms with Crippen molar-refractivity contribution < 1.29 is 28.5 Å². The van der Waals surface area contributed by atoms with Crippen LogP contribution in [0.1, 0.15) is 65.0 Å². The first-order valence-corrected chi connectivity index (χ1v) is 15.7. The molecule has 4 aliphatic heterocycles. The maximum Gasteiger partial charge on any atom is 0.335 e. The molecule has 0 radical (unpaired) electrons. The van der Waals surface area contributed by atoms with Gasteiger partial charge in [0.25, 0.3) is 0 Å². The van der Waals surface area contributed by atoms with Gasteiger partial charge in [-0.1, -0.05) is 29.8 Å². The van der Waals surface area contributed by atoms with E-state index in [-0.39, 0.29) is 23.7 Å². The van der Waals surface area contributed by atoms with Crippen molar-refractivity contribution in [1.29, 1.82) is 0 Å². The van der Waals surface area contributed by atoms with Crippen molar-refractivity contribution in [1.82, 2.24) is 14.5 Å². The molecular weight excluding hydrogens is 585 g/mol. The number of carbonyl (C=O) groups is 1. The minimum absolute atomic E-state index is 0.166. The lowest BCUT2D eigenvalue weighted by molar-refractivity contribution is -0.0137. The monoisotopic (exact) mass is 617 g/mol. The number of aromatic carboxylic acids is 1. The molecule has 44 heavy (non-hydrogen) atoms. The molecule has 1 saturated carbocycles. The van der Waals surface area contributed by atoms with Crippen molar-refractivity contribution in [2.24, 2.45) is 5.92 Å². The van der Waals surface area contributed by atoms with Crippen molar-refractivity contribution in [2.45, 2.75) is 56.4 Å². The normalized spacial score (nSPS) is 24.9. The maximum absolute atomic E-state index is 14.7. The number of likely N-dealkylation sites (tertiary alicyclic amines) is 1. The fraction of sp³-hybridized carbons (Fsp3) is 0.412. The number of hydrogen-bond acceptors (Lipinski definition) is 6. The summed E-state index contributed by atoms with van der Waals surface area (Å²) in [4.78, 5) is 19.1. The second kappa shape index (κ2) is 10.8. The number of rotatable bonds is 7. The number of nitrogens with zero attached hydrogens (tertiary/aromatic N) is 3. The Morgan fingerprint density at radius 2 is 1.91 bits per heavy atom. The second-order valence-electron chi connectivity index (χ2n) is 12.7. The molecule has 5 aliphatic rings. The van der Waals surface area contributed by atoms with Gasteiger partial charge < -0.3 is 23.9 Å². The number of piperidine rings is 1. The Labute approximate surface area is 259 Å². The second-order valence-corrected chi connectivity index (χ2v) is 13.1. The van der Waals surface area contributed by atoms with Gasteiger partial charge in [-0.15, -0.1) is 0 Å². The molecule has 1 aliphatic carbocycles. The zero-order valence-corrected chi connectivity index (χ0v) is 24.9. The lowest BCUT2D eigenvalue weighted by Gasteiger charge is -2.37. The largest absolute Gasteiger partial charge is 0.485 e. The molecule has 9 rings (SSSR count). The highest BCUT2D eigenvalue weighted by molar-refractivity contribution is 6.30. The van der Waals surface area contributed by atoms with Crippen molar-refractivity contribution in [3.63, 3.8) is 0 Å². The molecule has 1 atom stereocenters. The molecule has 4 fully saturated rings. The van der Waals surface area contributed by atoms with Gasteiger partial charge in [-0.3, -0.25) is 4.90 Å². The van der Waals surface area contributed by atoms with Gasteiger partial charge in [0.05, 0.1) is 41.9 Å². The van der Waals surface area contributed by atoms with E-state index in [0.717, 1.165) is 67.8 Å². The number of aromatic nitrogens is 2. The summed E-state index contributed by atoms with van der Waals surface area (Å²) in [7, 11) is 0. The van der Waals surface area contributed by atoms with Crippen LogP contribution < -0.4 is 9.47 Å². The molecule has 0 unspecified atom stereocenters. The van der Waals surface area contributed by atoms with Gasteiger partial charge in [0.2, 0.25) is 0 Å². The standard InChI is InChI=1S/C34H33ClFN3O5/c35-23-5-6-25(26(36)13-23)30-18-42-29-3-1-2-24(32(29)44-30)21-8-10-38(11-9-21)16-31-37-27-7-4-22(33(40)41)12-28(27)39(31)19-34-14-20(15-34)17-43-34/h1-7,12-13,20-21,30H,8-11,14-19H2,(H,40,41)/t20?,30-,34?/m1/s1. The van der Waals surface area contributed by atoms with Gasteiger partial charge in [0.1, 0.15) is 18.2 Å². The van der Waals surface area contributed by atoms with Gasteiger partial charge in [0.15, 0.2) is 17.6 Å². The Morgan fingerprint density at radius 1 is 1.07 bits per heavy atom. The van der Waals surface area contributed by atoms with Crippen LogP contribution in [0.4, 0.5) is 4.39 Å². The number of carboxylic acid groups (broad SMARTS) is 1. The Bertz CT molecular complexity index is 1760. The minimum Gasteiger partial charge on any atom is -0.485 e. The molecule has 2 bridgehead atoms. The number of imidazole rings is 1. The summed E-state index contributed by atoms with van der Waals surface area (Å²) in [5, 5.41) is 9.98. The van der Waals surface area contributed by atoms with E-state index >= 15 is 0 Å². The van der Waals surface area contributed by atoms with E-state index in [0.29, 0.717) is 41.1 Å². The van der Waals surface area contributed by atoms with Crippen LogP contribution in [-0.4, -0.2) is 57.4 Å². The fourth-order valence-corrected chi connectivity index (χ4v) is 7.70. The number of para-hydroxylation sites is 1. The van der Waals surface area contributed by atoms with Gasteiger partial charge in [-0.2, -0.15) is 0 Å². The fourth-order valence-electron chi connectivity index (χ4n) is 7.54. The summed E-state index contributed by atoms with van der Waals surface area (Å²) in [5.41, 5.74) is 3.28. The van der Waals surface area contributed by atoms with Crippen LogP contribution in [-0.2, 0) is 17.8 Å². The molecule has 228 valence electrons. The van der Waals surface area contributed by atoms with Gasteiger partial charge in [0, 0.05) is 16.1 Å². The molecule has 8 nitrogen and oxygen atoms in total. The Balaban J connectivity index is 1.00. The topological polar surface area (TPSA) is 86.0 Å². The molecule has 0 spiro atoms. The SMILES string of the molecule is O=C(O)c1ccc2nc(CN3CCC(c4cccc5c4O[C@@H](c4ccc(Cl)cc4F)CO5)CC3)n(CC34CC(CO3)C4)c2c1. The Kier molecular flexibility index (Phi) is 6.81. The molecule has 4 aromatic rings. The molecule has 0 amide bonds. The van der Waals surface area contributed by atoms with E-state index < -0.39 is 17.9 Å². The highest BCUT2D eigenvalue weighted by Gasteiger charge is 2.52. The molecule has 1 N–H and O–H groups in total. The predicted octanol–water partition coefficient (Wildman–Crippen LogP) is 6.60. The van der Waals surface area contributed by atoms with Crippen LogP contribution in [0.3, 0.4) is 0 Å². The molecular formula is C34H33ClFN3O5. The molecule has 10 heteroatoms. The maximum atomic E-state index is 14.7. The molecule has 5 heterocycles. The highest BCUT2D eigenvalue weighted by Crippen LogP contribution is 2.50. The third kappa shape index (κ3) is 4.91. The number of carboxylic acids is 1. The summed E-state index contributed by atoms with van der Waals surface area (Å²) in [6.07, 6.45) is 3.41. The quantitative estimate of drug-likeness (QED) is 0.250. The van der Waals surface area contributed by atoms with Crippen molar-refractivity contribution >= 4 is 28.6 Å². The van der Waals surface area contributed by atoms with Gasteiger partial charge in [-0.25, -0.2) is 14.2 Å². The van der Waals surface area contributed by atoms with Crippen LogP contribution in [0.25, 0.3) is 11.0 Å². The van der Waals surface area contributed by atoms with Gasteiger partial charge in [-0.05, 0) is 87.0 Å². The number of hydrogen-bond donors (Lipinski definition) is 1. The number of halogens is 2. The predicted molar refractivity (Wildman–Crippen MR) is 162 cm³/mol. The Morgan fingerprint density at radius 3 is 2.66 bits per heavy atom. The first-order valence-electron chi connectivity index (χ1n) is 15.3. The smallest absolute Gasteiger partial charge is 0.335 e. The number of fused-ring (bicyclic) bond motifs is 3. The van der Waals surface area contributed by atoms with Crippen molar-refractivity contribution in [3.8, 4) is 11.5 Å². The van der Waals surface area contributed by atoms with E-state index in [1.807, 2.05) is 18.2 Å². The van der Waals surface area contributed by atoms with Crippen LogP contribution >= 0.6 is 11.6 Å². The van der Waals surface area contributed by atoms with Crippen LogP contribution in [0.5, 0.6) is 11.5 Å². The van der Waals surface area contributed by atoms with E-state index in [9.17, 15) is 14.3 Å². The van der Waals surface area contributed by atoms with Crippen molar-refractivity contribution in [3.05, 3.63) is 88.0 Å². The average molecular weight is 618 g/mol. The van der Waals surface area contributed by atoms with Crippen LogP contribution in [0, 0.1) is 11.7 Å². The van der Waals surface area contributed by atoms with E-state index in [1.165, 1.54) is 6.07 Å². The average Bonchev–Trinajstić information content (AvgIpc) is 3.70. The first kappa shape index (κ1) is 27.9. The third-order valence-corrected chi connectivity index (χ3v) is 10.1. The van der Waals surface area contributed by atoms with E-state index in [1.54, 1.807) is 24.3 Å². The summed E-state index contributed by atoms with van der Waals surface area (Å²) in [6, 6.07) is 15.8. The van der Waals surface area contributed by atoms with E-state index in [4.69, 9.17) is 30.8 Å². The summed E-state index contributed by atoms with van der Waals surface area (Å²) in [5.74, 6) is 1.90. The zero-order valence-electron chi connectivity index (χ0n) is 24.2. The van der Waals surface area contributed by atoms with Gasteiger partial charge >= 0.3 is 5.97 Å². The Hall–Kier alpha value is -3.66. The van der Waals surface area contributed by atoms with Crippen molar-refractivity contribution in [2.75, 3.05) is 26.3 Å². The van der Waals surface area contributed by atoms with Crippen LogP contribution in [0.2, 0.25) is 5.02 Å². The third-order valence-electron chi connectivity index (χ3n) is 9.83. The molecule has 3 aromatic carbocycles. The lowest BCUT2D eigenvalue weighted by atomic mass is 9.74. The molecule has 3 saturated heterocycles. The first-order chi connectivity index (χ1) is 21.3. The zero-order chi connectivity index (χ0) is 30.0. The van der Waals surface area contributed by atoms with Crippen LogP contribution in [0.15, 0.2) is 54.6 Å². The minimum atomic E-state index is -0.940. The lowest BCUT2D eigenvalue weighted by Crippen LogP contribution is -2.41. The summed E-state index contributed by atoms with van der Waals surface area (Å²) >= 11 is 5.97. The number of benzene rings is 3. The number of ether oxygens (including phenoxy) is 3. The highest BCUT2D eigenvalue weighted by atomic mass is 35.5. The molecule has 1 aromatic heterocycles. The summed E-state index contributed by atoms with van der Waals surface area (Å²) < 4.78 is 35.6.